The maximum absolute atomic E-state index is 12.3. The van der Waals surface area contributed by atoms with Crippen molar-refractivity contribution in [1.82, 2.24) is 10.2 Å². The van der Waals surface area contributed by atoms with E-state index in [1.807, 2.05) is 6.07 Å². The Morgan fingerprint density at radius 3 is 3.00 bits per heavy atom. The quantitative estimate of drug-likeness (QED) is 0.881. The van der Waals surface area contributed by atoms with Crippen LogP contribution in [0.15, 0.2) is 29.2 Å². The van der Waals surface area contributed by atoms with E-state index in [9.17, 15) is 8.42 Å². The van der Waals surface area contributed by atoms with Gasteiger partial charge in [0.15, 0.2) is 9.84 Å². The number of sulfone groups is 1. The van der Waals surface area contributed by atoms with Gasteiger partial charge in [0.1, 0.15) is 0 Å². The molecule has 0 unspecified atom stereocenters. The number of piperazine rings is 1. The molecule has 1 heterocycles. The highest BCUT2D eigenvalue weighted by Gasteiger charge is 2.20. The van der Waals surface area contributed by atoms with E-state index < -0.39 is 9.84 Å². The normalized spacial score (nSPS) is 20.5. The molecule has 1 atom stereocenters. The Labute approximate surface area is 120 Å². The summed E-state index contributed by atoms with van der Waals surface area (Å²) in [7, 11) is -3.32. The summed E-state index contributed by atoms with van der Waals surface area (Å²) in [6, 6.07) is 8.57. The van der Waals surface area contributed by atoms with Gasteiger partial charge in [0, 0.05) is 32.2 Å². The summed E-state index contributed by atoms with van der Waals surface area (Å²) >= 11 is 0. The summed E-state index contributed by atoms with van der Waals surface area (Å²) < 4.78 is 24.5. The molecule has 108 valence electrons. The molecule has 0 aliphatic carbocycles. The first kappa shape index (κ1) is 15.0. The lowest BCUT2D eigenvalue weighted by atomic mass is 10.2. The topological polar surface area (TPSA) is 73.2 Å². The average Bonchev–Trinajstić information content (AvgIpc) is 2.45. The molecule has 1 saturated heterocycles. The van der Waals surface area contributed by atoms with E-state index in [2.05, 4.69) is 17.1 Å². The van der Waals surface area contributed by atoms with Crippen LogP contribution in [0.5, 0.6) is 0 Å². The van der Waals surface area contributed by atoms with Gasteiger partial charge in [-0.3, -0.25) is 4.90 Å². The number of rotatable bonds is 4. The standard InChI is InChI=1S/C14H19N3O2S/c1-12-11-17(6-5-16-12)7-8-20(18,19)14-4-2-3-13(9-14)10-15/h2-4,9,12,16H,5-8,11H2,1H3/t12-/m0/s1. The molecule has 0 radical (unpaired) electrons. The molecular formula is C14H19N3O2S. The summed E-state index contributed by atoms with van der Waals surface area (Å²) in [6.07, 6.45) is 0. The van der Waals surface area contributed by atoms with Crippen LogP contribution in [0.2, 0.25) is 0 Å². The first-order valence-corrected chi connectivity index (χ1v) is 8.35. The van der Waals surface area contributed by atoms with Crippen LogP contribution in [0.3, 0.4) is 0 Å². The number of nitrogens with zero attached hydrogens (tertiary/aromatic N) is 2. The monoisotopic (exact) mass is 293 g/mol. The molecule has 0 bridgehead atoms. The Morgan fingerprint density at radius 1 is 1.50 bits per heavy atom. The minimum Gasteiger partial charge on any atom is -0.312 e. The van der Waals surface area contributed by atoms with Gasteiger partial charge in [-0.2, -0.15) is 5.26 Å². The van der Waals surface area contributed by atoms with Crippen LogP contribution in [0.4, 0.5) is 0 Å². The number of hydrogen-bond donors (Lipinski definition) is 1. The molecule has 2 rings (SSSR count). The van der Waals surface area contributed by atoms with E-state index in [4.69, 9.17) is 5.26 Å². The van der Waals surface area contributed by atoms with Gasteiger partial charge in [0.25, 0.3) is 0 Å². The summed E-state index contributed by atoms with van der Waals surface area (Å²) in [4.78, 5) is 2.40. The molecule has 5 nitrogen and oxygen atoms in total. The van der Waals surface area contributed by atoms with Crippen LogP contribution in [0.25, 0.3) is 0 Å². The second kappa shape index (κ2) is 6.35. The van der Waals surface area contributed by atoms with Gasteiger partial charge in [-0.15, -0.1) is 0 Å². The van der Waals surface area contributed by atoms with Crippen LogP contribution < -0.4 is 5.32 Å². The van der Waals surface area contributed by atoms with Crippen LogP contribution in [0.1, 0.15) is 12.5 Å². The van der Waals surface area contributed by atoms with Crippen molar-refractivity contribution in [3.8, 4) is 6.07 Å². The second-order valence-electron chi connectivity index (χ2n) is 5.11. The van der Waals surface area contributed by atoms with Crippen molar-refractivity contribution in [1.29, 1.82) is 5.26 Å². The van der Waals surface area contributed by atoms with Gasteiger partial charge < -0.3 is 5.32 Å². The van der Waals surface area contributed by atoms with Crippen LogP contribution in [0, 0.1) is 11.3 Å². The van der Waals surface area contributed by atoms with Crippen LogP contribution in [-0.2, 0) is 9.84 Å². The Kier molecular flexibility index (Phi) is 4.76. The van der Waals surface area contributed by atoms with Crippen LogP contribution >= 0.6 is 0 Å². The fraction of sp³-hybridized carbons (Fsp3) is 0.500. The molecule has 20 heavy (non-hydrogen) atoms. The third-order valence-corrected chi connectivity index (χ3v) is 5.14. The summed E-state index contributed by atoms with van der Waals surface area (Å²) in [5.74, 6) is 0.0919. The minimum atomic E-state index is -3.32. The Morgan fingerprint density at radius 2 is 2.30 bits per heavy atom. The highest BCUT2D eigenvalue weighted by Crippen LogP contribution is 2.13. The van der Waals surface area contributed by atoms with Gasteiger partial charge >= 0.3 is 0 Å². The zero-order chi connectivity index (χ0) is 14.6. The van der Waals surface area contributed by atoms with E-state index in [0.717, 1.165) is 19.6 Å². The fourth-order valence-electron chi connectivity index (χ4n) is 2.34. The lowest BCUT2D eigenvalue weighted by Gasteiger charge is -2.31. The third-order valence-electron chi connectivity index (χ3n) is 3.45. The van der Waals surface area contributed by atoms with Crippen molar-refractivity contribution < 1.29 is 8.42 Å². The first-order valence-electron chi connectivity index (χ1n) is 6.70. The Bertz CT molecular complexity index is 607. The van der Waals surface area contributed by atoms with Crippen molar-refractivity contribution in [3.63, 3.8) is 0 Å². The SMILES string of the molecule is C[C@H]1CN(CCS(=O)(=O)c2cccc(C#N)c2)CCN1. The number of nitriles is 1. The summed E-state index contributed by atoms with van der Waals surface area (Å²) in [6.45, 7) is 5.26. The second-order valence-corrected chi connectivity index (χ2v) is 7.22. The van der Waals surface area contributed by atoms with Gasteiger partial charge in [-0.1, -0.05) is 6.07 Å². The molecule has 1 aromatic rings. The van der Waals surface area contributed by atoms with E-state index >= 15 is 0 Å². The smallest absolute Gasteiger partial charge is 0.179 e. The lowest BCUT2D eigenvalue weighted by molar-refractivity contribution is 0.217. The van der Waals surface area contributed by atoms with Gasteiger partial charge in [0.05, 0.1) is 22.3 Å². The molecule has 0 spiro atoms. The fourth-order valence-corrected chi connectivity index (χ4v) is 3.67. The molecule has 0 saturated carbocycles. The van der Waals surface area contributed by atoms with Gasteiger partial charge in [-0.05, 0) is 25.1 Å². The number of benzene rings is 1. The number of nitrogens with one attached hydrogen (secondary N) is 1. The molecule has 1 N–H and O–H groups in total. The van der Waals surface area contributed by atoms with Crippen molar-refractivity contribution in [3.05, 3.63) is 29.8 Å². The zero-order valence-corrected chi connectivity index (χ0v) is 12.4. The molecule has 1 aliphatic rings. The molecule has 1 fully saturated rings. The lowest BCUT2D eigenvalue weighted by Crippen LogP contribution is -2.50. The molecule has 1 aromatic carbocycles. The molecule has 6 heteroatoms. The average molecular weight is 293 g/mol. The zero-order valence-electron chi connectivity index (χ0n) is 11.5. The predicted octanol–water partition coefficient (Wildman–Crippen LogP) is 0.626. The summed E-state index contributed by atoms with van der Waals surface area (Å²) in [5.41, 5.74) is 0.377. The van der Waals surface area contributed by atoms with E-state index in [1.54, 1.807) is 18.2 Å². The number of hydrogen-bond acceptors (Lipinski definition) is 5. The van der Waals surface area contributed by atoms with Crippen molar-refractivity contribution in [2.24, 2.45) is 0 Å². The molecular weight excluding hydrogens is 274 g/mol. The molecule has 0 amide bonds. The summed E-state index contributed by atoms with van der Waals surface area (Å²) in [5, 5.41) is 12.2. The van der Waals surface area contributed by atoms with Crippen molar-refractivity contribution in [2.45, 2.75) is 17.9 Å². The predicted molar refractivity (Wildman–Crippen MR) is 77.1 cm³/mol. The van der Waals surface area contributed by atoms with Crippen molar-refractivity contribution in [2.75, 3.05) is 31.9 Å². The maximum Gasteiger partial charge on any atom is 0.179 e. The van der Waals surface area contributed by atoms with Crippen LogP contribution in [-0.4, -0.2) is 51.3 Å². The van der Waals surface area contributed by atoms with Gasteiger partial charge in [0.2, 0.25) is 0 Å². The third kappa shape index (κ3) is 3.79. The van der Waals surface area contributed by atoms with E-state index in [-0.39, 0.29) is 10.6 Å². The first-order chi connectivity index (χ1) is 9.51. The molecule has 1 aliphatic heterocycles. The Hall–Kier alpha value is -1.42. The minimum absolute atomic E-state index is 0.0919. The largest absolute Gasteiger partial charge is 0.312 e. The van der Waals surface area contributed by atoms with E-state index in [0.29, 0.717) is 18.2 Å². The Balaban J connectivity index is 2.02. The molecule has 0 aromatic heterocycles. The van der Waals surface area contributed by atoms with Gasteiger partial charge in [-0.25, -0.2) is 8.42 Å². The maximum atomic E-state index is 12.3. The highest BCUT2D eigenvalue weighted by molar-refractivity contribution is 7.91. The highest BCUT2D eigenvalue weighted by atomic mass is 32.2. The van der Waals surface area contributed by atoms with E-state index in [1.165, 1.54) is 6.07 Å². The van der Waals surface area contributed by atoms with Crippen molar-refractivity contribution >= 4 is 9.84 Å².